The molecule has 2 aromatic rings. The summed E-state index contributed by atoms with van der Waals surface area (Å²) in [6.45, 7) is 9.97. The molecule has 2 aliphatic carbocycles. The van der Waals surface area contributed by atoms with Gasteiger partial charge in [0, 0.05) is 31.0 Å². The van der Waals surface area contributed by atoms with E-state index in [-0.39, 0.29) is 53.8 Å². The second kappa shape index (κ2) is 10.6. The van der Waals surface area contributed by atoms with Crippen molar-refractivity contribution in [3.8, 4) is 17.2 Å². The van der Waals surface area contributed by atoms with Crippen LogP contribution in [-0.4, -0.2) is 50.0 Å². The Morgan fingerprint density at radius 3 is 2.83 bits per heavy atom. The van der Waals surface area contributed by atoms with Crippen molar-refractivity contribution in [2.45, 2.75) is 57.5 Å². The van der Waals surface area contributed by atoms with Crippen molar-refractivity contribution in [3.63, 3.8) is 0 Å². The first-order valence-electron chi connectivity index (χ1n) is 15.2. The van der Waals surface area contributed by atoms with Gasteiger partial charge in [-0.15, -0.1) is 0 Å². The molecule has 3 aliphatic heterocycles. The molecule has 218 valence electrons. The number of nitrogens with zero attached hydrogens (tertiary/aromatic N) is 1. The summed E-state index contributed by atoms with van der Waals surface area (Å²) in [5, 5.41) is 0. The number of piperidine rings is 1. The third-order valence-electron chi connectivity index (χ3n) is 10.7. The first kappa shape index (κ1) is 26.8. The van der Waals surface area contributed by atoms with E-state index in [2.05, 4.69) is 18.4 Å². The summed E-state index contributed by atoms with van der Waals surface area (Å²) in [6, 6.07) is 12.5. The number of hydrogen-bond donors (Lipinski definition) is 0. The summed E-state index contributed by atoms with van der Waals surface area (Å²) in [5.41, 5.74) is 2.71. The number of rotatable bonds is 6. The number of carbonyl (C=O) groups excluding carboxylic acids is 1. The summed E-state index contributed by atoms with van der Waals surface area (Å²) >= 11 is 0. The zero-order valence-corrected chi connectivity index (χ0v) is 23.9. The zero-order valence-electron chi connectivity index (χ0n) is 23.9. The average Bonchev–Trinajstić information content (AvgIpc) is 3.54. The molecule has 2 saturated carbocycles. The number of esters is 1. The SMILES string of the molecule is C=C1CCC[C@]2(C)C[C@H]3OC(=O)[C@H](CN4CC[C@H](c5ccc(F)cc5)[C@H](COc5ccc6c(c5)OCO6)C4)[C@@H]3C[C@@H]12. The van der Waals surface area contributed by atoms with Gasteiger partial charge in [-0.2, -0.15) is 0 Å². The predicted molar refractivity (Wildman–Crippen MR) is 152 cm³/mol. The van der Waals surface area contributed by atoms with Gasteiger partial charge >= 0.3 is 5.97 Å². The maximum atomic E-state index is 13.7. The van der Waals surface area contributed by atoms with Crippen LogP contribution in [0.2, 0.25) is 0 Å². The number of hydrogen-bond acceptors (Lipinski definition) is 6. The summed E-state index contributed by atoms with van der Waals surface area (Å²) in [5.74, 6) is 2.98. The van der Waals surface area contributed by atoms with E-state index < -0.39 is 0 Å². The predicted octanol–water partition coefficient (Wildman–Crippen LogP) is 6.35. The molecular formula is C34H40FNO5. The molecule has 0 N–H and O–H groups in total. The second-order valence-electron chi connectivity index (χ2n) is 13.2. The first-order chi connectivity index (χ1) is 19.9. The van der Waals surface area contributed by atoms with Gasteiger partial charge in [0.15, 0.2) is 11.5 Å². The van der Waals surface area contributed by atoms with Crippen molar-refractivity contribution in [1.29, 1.82) is 0 Å². The van der Waals surface area contributed by atoms with Gasteiger partial charge in [0.1, 0.15) is 17.7 Å². The van der Waals surface area contributed by atoms with Crippen LogP contribution in [0.1, 0.15) is 56.9 Å². The van der Waals surface area contributed by atoms with Crippen LogP contribution in [0.3, 0.4) is 0 Å². The minimum atomic E-state index is -0.224. The van der Waals surface area contributed by atoms with Crippen molar-refractivity contribution >= 4 is 5.97 Å². The number of ether oxygens (including phenoxy) is 4. The van der Waals surface area contributed by atoms with E-state index in [0.29, 0.717) is 24.8 Å². The number of allylic oxidation sites excluding steroid dienone is 1. The molecule has 0 spiro atoms. The molecule has 2 aromatic carbocycles. The minimum Gasteiger partial charge on any atom is -0.493 e. The molecule has 4 fully saturated rings. The molecule has 0 radical (unpaired) electrons. The highest BCUT2D eigenvalue weighted by Gasteiger charge is 2.55. The summed E-state index contributed by atoms with van der Waals surface area (Å²) < 4.78 is 37.1. The van der Waals surface area contributed by atoms with Crippen LogP contribution in [0.15, 0.2) is 54.6 Å². The minimum absolute atomic E-state index is 0.0262. The Bertz CT molecular complexity index is 1310. The summed E-state index contributed by atoms with van der Waals surface area (Å²) in [4.78, 5) is 15.7. The zero-order chi connectivity index (χ0) is 28.1. The van der Waals surface area contributed by atoms with Crippen LogP contribution in [0, 0.1) is 34.9 Å². The molecule has 2 saturated heterocycles. The van der Waals surface area contributed by atoms with Gasteiger partial charge < -0.3 is 23.8 Å². The normalized spacial score (nSPS) is 34.6. The number of benzene rings is 2. The molecule has 0 bridgehead atoms. The number of carbonyl (C=O) groups is 1. The summed E-state index contributed by atoms with van der Waals surface area (Å²) in [6.07, 6.45) is 6.43. The molecule has 7 rings (SSSR count). The second-order valence-corrected chi connectivity index (χ2v) is 13.2. The van der Waals surface area contributed by atoms with Crippen LogP contribution in [-0.2, 0) is 9.53 Å². The Labute approximate surface area is 241 Å². The van der Waals surface area contributed by atoms with E-state index in [1.54, 1.807) is 12.1 Å². The monoisotopic (exact) mass is 561 g/mol. The van der Waals surface area contributed by atoms with E-state index >= 15 is 0 Å². The maximum absolute atomic E-state index is 13.7. The van der Waals surface area contributed by atoms with Crippen molar-refractivity contribution in [3.05, 3.63) is 66.0 Å². The van der Waals surface area contributed by atoms with Crippen molar-refractivity contribution in [2.75, 3.05) is 33.0 Å². The molecular weight excluding hydrogens is 521 g/mol. The van der Waals surface area contributed by atoms with Gasteiger partial charge in [-0.1, -0.05) is 31.2 Å². The van der Waals surface area contributed by atoms with Gasteiger partial charge in [-0.05, 0) is 92.1 Å². The Morgan fingerprint density at radius 1 is 1.15 bits per heavy atom. The van der Waals surface area contributed by atoms with E-state index in [4.69, 9.17) is 18.9 Å². The lowest BCUT2D eigenvalue weighted by Crippen LogP contribution is -2.48. The molecule has 7 atom stereocenters. The molecule has 6 nitrogen and oxygen atoms in total. The van der Waals surface area contributed by atoms with Crippen LogP contribution in [0.25, 0.3) is 0 Å². The fourth-order valence-corrected chi connectivity index (χ4v) is 8.50. The highest BCUT2D eigenvalue weighted by Crippen LogP contribution is 2.57. The lowest BCUT2D eigenvalue weighted by Gasteiger charge is -2.50. The fourth-order valence-electron chi connectivity index (χ4n) is 8.50. The van der Waals surface area contributed by atoms with Gasteiger partial charge in [0.25, 0.3) is 0 Å². The lowest BCUT2D eigenvalue weighted by atomic mass is 9.55. The smallest absolute Gasteiger partial charge is 0.310 e. The standard InChI is InChI=1S/C34H40FNO5/c1-21-4-3-12-34(2)16-32-27(15-29(21)34)28(33(37)41-32)18-36-13-11-26(22-5-7-24(35)8-6-22)23(17-36)19-38-25-9-10-30-31(14-25)40-20-39-30/h5-10,14,23,26-29,32H,1,3-4,11-13,15-20H2,2H3/t23-,26+,27-,28+,29-,32+,34+/m0/s1. The molecule has 7 heteroatoms. The van der Waals surface area contributed by atoms with Crippen molar-refractivity contribution < 1.29 is 28.1 Å². The van der Waals surface area contributed by atoms with E-state index in [1.165, 1.54) is 18.4 Å². The van der Waals surface area contributed by atoms with Crippen LogP contribution >= 0.6 is 0 Å². The summed E-state index contributed by atoms with van der Waals surface area (Å²) in [7, 11) is 0. The van der Waals surface area contributed by atoms with Crippen LogP contribution in [0.5, 0.6) is 17.2 Å². The Morgan fingerprint density at radius 2 is 1.98 bits per heavy atom. The molecule has 3 heterocycles. The van der Waals surface area contributed by atoms with Gasteiger partial charge in [0.05, 0.1) is 12.5 Å². The first-order valence-corrected chi connectivity index (χ1v) is 15.2. The van der Waals surface area contributed by atoms with Gasteiger partial charge in [-0.25, -0.2) is 4.39 Å². The van der Waals surface area contributed by atoms with Crippen molar-refractivity contribution in [1.82, 2.24) is 4.90 Å². The maximum Gasteiger partial charge on any atom is 0.310 e. The van der Waals surface area contributed by atoms with Gasteiger partial charge in [0.2, 0.25) is 6.79 Å². The quantitative estimate of drug-likeness (QED) is 0.303. The molecule has 41 heavy (non-hydrogen) atoms. The topological polar surface area (TPSA) is 57.2 Å². The third kappa shape index (κ3) is 5.11. The highest BCUT2D eigenvalue weighted by atomic mass is 19.1. The molecule has 0 aromatic heterocycles. The fraction of sp³-hybridized carbons (Fsp3) is 0.559. The van der Waals surface area contributed by atoms with Crippen molar-refractivity contribution in [2.24, 2.45) is 29.1 Å². The van der Waals surface area contributed by atoms with Crippen LogP contribution in [0.4, 0.5) is 4.39 Å². The van der Waals surface area contributed by atoms with E-state index in [0.717, 1.165) is 55.8 Å². The molecule has 5 aliphatic rings. The average molecular weight is 562 g/mol. The number of fused-ring (bicyclic) bond motifs is 3. The Hall–Kier alpha value is -3.06. The molecule has 0 unspecified atom stereocenters. The molecule has 0 amide bonds. The number of halogens is 1. The number of likely N-dealkylation sites (tertiary alicyclic amines) is 1. The lowest BCUT2D eigenvalue weighted by molar-refractivity contribution is -0.146. The Balaban J connectivity index is 1.06. The third-order valence-corrected chi connectivity index (χ3v) is 10.7. The van der Waals surface area contributed by atoms with E-state index in [1.807, 2.05) is 30.3 Å². The largest absolute Gasteiger partial charge is 0.493 e. The van der Waals surface area contributed by atoms with Crippen LogP contribution < -0.4 is 14.2 Å². The van der Waals surface area contributed by atoms with Gasteiger partial charge in [-0.3, -0.25) is 4.79 Å². The Kier molecular flexibility index (Phi) is 6.96. The van der Waals surface area contributed by atoms with E-state index in [9.17, 15) is 9.18 Å². The highest BCUT2D eigenvalue weighted by molar-refractivity contribution is 5.75.